The van der Waals surface area contributed by atoms with Crippen LogP contribution in [-0.2, 0) is 9.59 Å². The number of para-hydroxylation sites is 1. The van der Waals surface area contributed by atoms with Crippen molar-refractivity contribution in [3.63, 3.8) is 0 Å². The minimum absolute atomic E-state index is 0.00303. The van der Waals surface area contributed by atoms with E-state index < -0.39 is 5.92 Å². The minimum atomic E-state index is -0.425. The van der Waals surface area contributed by atoms with Crippen LogP contribution in [-0.4, -0.2) is 23.9 Å². The highest BCUT2D eigenvalue weighted by Gasteiger charge is 2.44. The molecule has 1 aliphatic carbocycles. The van der Waals surface area contributed by atoms with Gasteiger partial charge in [0.05, 0.1) is 18.4 Å². The molecular formula is C25H24N2O4. The van der Waals surface area contributed by atoms with Gasteiger partial charge in [-0.3, -0.25) is 14.5 Å². The third-order valence-electron chi connectivity index (χ3n) is 6.01. The molecule has 0 aromatic heterocycles. The van der Waals surface area contributed by atoms with Gasteiger partial charge in [0.2, 0.25) is 5.91 Å². The molecule has 1 aliphatic heterocycles. The molecule has 0 spiro atoms. The Balaban J connectivity index is 1.93. The zero-order valence-corrected chi connectivity index (χ0v) is 17.8. The monoisotopic (exact) mass is 416 g/mol. The molecule has 6 heteroatoms. The van der Waals surface area contributed by atoms with E-state index in [2.05, 4.69) is 6.07 Å². The predicted molar refractivity (Wildman–Crippen MR) is 116 cm³/mol. The third-order valence-corrected chi connectivity index (χ3v) is 6.01. The average molecular weight is 416 g/mol. The van der Waals surface area contributed by atoms with Crippen LogP contribution >= 0.6 is 0 Å². The molecule has 2 aliphatic rings. The van der Waals surface area contributed by atoms with Gasteiger partial charge in [-0.2, -0.15) is 5.26 Å². The molecule has 2 aromatic rings. The number of carbonyl (C=O) groups excluding carboxylic acids is 2. The van der Waals surface area contributed by atoms with Crippen LogP contribution in [0.3, 0.4) is 0 Å². The Hall–Kier alpha value is -3.59. The maximum atomic E-state index is 13.4. The number of nitrogens with zero attached hydrogens (tertiary/aromatic N) is 2. The van der Waals surface area contributed by atoms with Gasteiger partial charge in [-0.05, 0) is 41.7 Å². The van der Waals surface area contributed by atoms with Crippen LogP contribution in [0.1, 0.15) is 50.2 Å². The van der Waals surface area contributed by atoms with Crippen molar-refractivity contribution in [1.82, 2.24) is 0 Å². The highest BCUT2D eigenvalue weighted by molar-refractivity contribution is 6.08. The van der Waals surface area contributed by atoms with Gasteiger partial charge in [-0.1, -0.05) is 32.0 Å². The number of aromatic hydroxyl groups is 1. The molecule has 31 heavy (non-hydrogen) atoms. The molecular weight excluding hydrogens is 392 g/mol. The normalized spacial score (nSPS) is 20.3. The Morgan fingerprint density at radius 2 is 1.90 bits per heavy atom. The summed E-state index contributed by atoms with van der Waals surface area (Å²) in [5.74, 6) is -0.276. The van der Waals surface area contributed by atoms with Crippen molar-refractivity contribution < 1.29 is 19.4 Å². The summed E-state index contributed by atoms with van der Waals surface area (Å²) in [7, 11) is 1.46. The Labute approximate surface area is 181 Å². The summed E-state index contributed by atoms with van der Waals surface area (Å²) in [5.41, 5.74) is 2.62. The van der Waals surface area contributed by atoms with Crippen LogP contribution in [0, 0.1) is 16.7 Å². The lowest BCUT2D eigenvalue weighted by Crippen LogP contribution is -2.44. The summed E-state index contributed by atoms with van der Waals surface area (Å²) in [6.07, 6.45) is 1.03. The van der Waals surface area contributed by atoms with E-state index in [1.807, 2.05) is 13.8 Å². The number of amides is 1. The first-order valence-electron chi connectivity index (χ1n) is 10.2. The number of phenols is 1. The average Bonchev–Trinajstić information content (AvgIpc) is 2.72. The first-order valence-corrected chi connectivity index (χ1v) is 10.2. The van der Waals surface area contributed by atoms with E-state index in [1.54, 1.807) is 41.3 Å². The largest absolute Gasteiger partial charge is 0.504 e. The van der Waals surface area contributed by atoms with Gasteiger partial charge in [0.15, 0.2) is 17.3 Å². The summed E-state index contributed by atoms with van der Waals surface area (Å²) < 4.78 is 5.24. The molecule has 6 nitrogen and oxygen atoms in total. The molecule has 158 valence electrons. The molecule has 1 unspecified atom stereocenters. The lowest BCUT2D eigenvalue weighted by molar-refractivity contribution is -0.121. The molecule has 1 N–H and O–H groups in total. The zero-order chi connectivity index (χ0) is 22.3. The van der Waals surface area contributed by atoms with E-state index in [1.165, 1.54) is 13.2 Å². The second-order valence-corrected chi connectivity index (χ2v) is 8.85. The van der Waals surface area contributed by atoms with E-state index in [0.717, 1.165) is 5.56 Å². The number of methoxy groups -OCH3 is 1. The van der Waals surface area contributed by atoms with E-state index in [-0.39, 0.29) is 29.3 Å². The SMILES string of the molecule is COc1cc(C2CC(=O)N(c3ccccc3C#N)C3=C2C(=O)CC(C)(C)C3)ccc1O. The Kier molecular flexibility index (Phi) is 5.06. The Morgan fingerprint density at radius 1 is 1.16 bits per heavy atom. The van der Waals surface area contributed by atoms with E-state index >= 15 is 0 Å². The van der Waals surface area contributed by atoms with Crippen LogP contribution < -0.4 is 9.64 Å². The minimum Gasteiger partial charge on any atom is -0.504 e. The number of hydrogen-bond donors (Lipinski definition) is 1. The highest BCUT2D eigenvalue weighted by atomic mass is 16.5. The first kappa shape index (κ1) is 20.7. The Bertz CT molecular complexity index is 1160. The fourth-order valence-electron chi connectivity index (χ4n) is 4.65. The molecule has 4 rings (SSSR count). The van der Waals surface area contributed by atoms with Gasteiger partial charge >= 0.3 is 0 Å². The lowest BCUT2D eigenvalue weighted by atomic mass is 9.69. The number of Topliss-reactive ketones (excluding diaryl/α,β-unsaturated/α-hetero) is 1. The number of anilines is 1. The van der Waals surface area contributed by atoms with Gasteiger partial charge < -0.3 is 9.84 Å². The molecule has 0 saturated heterocycles. The Morgan fingerprint density at radius 3 is 2.61 bits per heavy atom. The summed E-state index contributed by atoms with van der Waals surface area (Å²) in [4.78, 5) is 28.3. The van der Waals surface area contributed by atoms with Crippen molar-refractivity contribution in [2.45, 2.75) is 39.0 Å². The molecule has 1 atom stereocenters. The number of ketones is 1. The molecule has 2 aromatic carbocycles. The number of benzene rings is 2. The smallest absolute Gasteiger partial charge is 0.232 e. The second kappa shape index (κ2) is 7.59. The fourth-order valence-corrected chi connectivity index (χ4v) is 4.65. The fraction of sp³-hybridized carbons (Fsp3) is 0.320. The number of carbonyl (C=O) groups is 2. The van der Waals surface area contributed by atoms with E-state index in [4.69, 9.17) is 4.74 Å². The number of phenolic OH excluding ortho intramolecular Hbond substituents is 1. The van der Waals surface area contributed by atoms with Crippen LogP contribution in [0.5, 0.6) is 11.5 Å². The standard InChI is InChI=1S/C25H24N2O4/c1-25(2)12-19-24(21(29)13-25)17(15-8-9-20(28)22(10-15)31-3)11-23(30)27(19)18-7-5-4-6-16(18)14-26/h4-10,17,28H,11-13H2,1-3H3. The second-order valence-electron chi connectivity index (χ2n) is 8.85. The summed E-state index contributed by atoms with van der Waals surface area (Å²) in [5, 5.41) is 19.6. The van der Waals surface area contributed by atoms with Crippen LogP contribution in [0.2, 0.25) is 0 Å². The van der Waals surface area contributed by atoms with Crippen molar-refractivity contribution >= 4 is 17.4 Å². The van der Waals surface area contributed by atoms with Gasteiger partial charge in [-0.15, -0.1) is 0 Å². The molecule has 0 radical (unpaired) electrons. The van der Waals surface area contributed by atoms with Crippen molar-refractivity contribution in [3.8, 4) is 17.6 Å². The van der Waals surface area contributed by atoms with Crippen LogP contribution in [0.15, 0.2) is 53.7 Å². The molecule has 1 amide bonds. The van der Waals surface area contributed by atoms with Crippen LogP contribution in [0.4, 0.5) is 5.69 Å². The van der Waals surface area contributed by atoms with Crippen molar-refractivity contribution in [2.75, 3.05) is 12.0 Å². The highest BCUT2D eigenvalue weighted by Crippen LogP contribution is 2.49. The van der Waals surface area contributed by atoms with Gasteiger partial charge in [0, 0.05) is 30.0 Å². The number of allylic oxidation sites excluding steroid dienone is 2. The third kappa shape index (κ3) is 3.57. The van der Waals surface area contributed by atoms with Gasteiger partial charge in [-0.25, -0.2) is 0 Å². The quantitative estimate of drug-likeness (QED) is 0.799. The topological polar surface area (TPSA) is 90.6 Å². The number of hydrogen-bond acceptors (Lipinski definition) is 5. The van der Waals surface area contributed by atoms with Crippen molar-refractivity contribution in [2.24, 2.45) is 5.41 Å². The van der Waals surface area contributed by atoms with Crippen LogP contribution in [0.25, 0.3) is 0 Å². The summed E-state index contributed by atoms with van der Waals surface area (Å²) in [6, 6.07) is 14.1. The maximum absolute atomic E-state index is 13.4. The molecule has 1 heterocycles. The number of nitriles is 1. The van der Waals surface area contributed by atoms with Crippen molar-refractivity contribution in [3.05, 3.63) is 64.9 Å². The zero-order valence-electron chi connectivity index (χ0n) is 17.8. The van der Waals surface area contributed by atoms with Crippen molar-refractivity contribution in [1.29, 1.82) is 5.26 Å². The maximum Gasteiger partial charge on any atom is 0.232 e. The van der Waals surface area contributed by atoms with Gasteiger partial charge in [0.25, 0.3) is 0 Å². The van der Waals surface area contributed by atoms with E-state index in [0.29, 0.717) is 41.1 Å². The number of ether oxygens (including phenoxy) is 1. The molecule has 0 fully saturated rings. The van der Waals surface area contributed by atoms with E-state index in [9.17, 15) is 20.0 Å². The first-order chi connectivity index (χ1) is 14.8. The summed E-state index contributed by atoms with van der Waals surface area (Å²) >= 11 is 0. The predicted octanol–water partition coefficient (Wildman–Crippen LogP) is 4.44. The molecule has 0 saturated carbocycles. The summed E-state index contributed by atoms with van der Waals surface area (Å²) in [6.45, 7) is 4.03. The lowest BCUT2D eigenvalue weighted by Gasteiger charge is -2.43. The molecule has 0 bridgehead atoms. The van der Waals surface area contributed by atoms with Gasteiger partial charge in [0.1, 0.15) is 6.07 Å². The number of rotatable bonds is 3.